The second kappa shape index (κ2) is 4.04. The van der Waals surface area contributed by atoms with Gasteiger partial charge in [0.1, 0.15) is 0 Å². The van der Waals surface area contributed by atoms with Crippen LogP contribution in [0.4, 0.5) is 0 Å². The predicted molar refractivity (Wildman–Crippen MR) is 45.5 cm³/mol. The summed E-state index contributed by atoms with van der Waals surface area (Å²) in [7, 11) is 2.12. The average molecular weight is 158 g/mol. The molecule has 3 heteroatoms. The number of rotatable bonds is 3. The van der Waals surface area contributed by atoms with Gasteiger partial charge in [-0.1, -0.05) is 6.92 Å². The lowest BCUT2D eigenvalue weighted by Gasteiger charge is -2.20. The molecule has 0 bridgehead atoms. The maximum Gasteiger partial charge on any atom is 0.0621 e. The molecule has 2 unspecified atom stereocenters. The van der Waals surface area contributed by atoms with Crippen LogP contribution in [0.1, 0.15) is 6.92 Å². The molecule has 1 fully saturated rings. The Morgan fingerprint density at radius 3 is 2.73 bits per heavy atom. The summed E-state index contributed by atoms with van der Waals surface area (Å²) in [5, 5.41) is 0. The average Bonchev–Trinajstić information content (AvgIpc) is 2.37. The summed E-state index contributed by atoms with van der Waals surface area (Å²) in [6.45, 7) is 5.88. The minimum atomic E-state index is 0.254. The molecule has 1 aliphatic heterocycles. The van der Waals surface area contributed by atoms with E-state index in [1.807, 2.05) is 0 Å². The van der Waals surface area contributed by atoms with Gasteiger partial charge in [0.25, 0.3) is 0 Å². The van der Waals surface area contributed by atoms with Gasteiger partial charge in [0.2, 0.25) is 0 Å². The summed E-state index contributed by atoms with van der Waals surface area (Å²) in [6.07, 6.45) is 0. The minimum Gasteiger partial charge on any atom is -0.379 e. The van der Waals surface area contributed by atoms with Crippen LogP contribution in [0, 0.1) is 5.92 Å². The first-order valence-corrected chi connectivity index (χ1v) is 4.26. The molecule has 0 aromatic rings. The number of nitrogens with zero attached hydrogens (tertiary/aromatic N) is 1. The monoisotopic (exact) mass is 158 g/mol. The first-order valence-electron chi connectivity index (χ1n) is 4.26. The predicted octanol–water partition coefficient (Wildman–Crippen LogP) is -0.0882. The Morgan fingerprint density at radius 1 is 1.55 bits per heavy atom. The van der Waals surface area contributed by atoms with Gasteiger partial charge in [0.05, 0.1) is 13.2 Å². The van der Waals surface area contributed by atoms with E-state index in [-0.39, 0.29) is 6.04 Å². The molecule has 0 aromatic heterocycles. The second-order valence-electron chi connectivity index (χ2n) is 3.32. The van der Waals surface area contributed by atoms with Crippen LogP contribution in [0.15, 0.2) is 0 Å². The molecule has 0 spiro atoms. The largest absolute Gasteiger partial charge is 0.379 e. The van der Waals surface area contributed by atoms with Crippen LogP contribution in [0.2, 0.25) is 0 Å². The van der Waals surface area contributed by atoms with Crippen LogP contribution >= 0.6 is 0 Å². The SMILES string of the molecule is CCN(C)CC1COCC1N. The molecule has 2 N–H and O–H groups in total. The molecule has 1 saturated heterocycles. The standard InChI is InChI=1S/C8H18N2O/c1-3-10(2)4-7-5-11-6-8(7)9/h7-8H,3-6,9H2,1-2H3. The lowest BCUT2D eigenvalue weighted by Crippen LogP contribution is -2.36. The van der Waals surface area contributed by atoms with E-state index in [4.69, 9.17) is 10.5 Å². The van der Waals surface area contributed by atoms with Crippen molar-refractivity contribution < 1.29 is 4.74 Å². The van der Waals surface area contributed by atoms with Crippen molar-refractivity contribution in [2.75, 3.05) is 33.4 Å². The Kier molecular flexibility index (Phi) is 3.30. The Morgan fingerprint density at radius 2 is 2.27 bits per heavy atom. The molecule has 0 radical (unpaired) electrons. The van der Waals surface area contributed by atoms with Gasteiger partial charge < -0.3 is 15.4 Å². The van der Waals surface area contributed by atoms with Crippen LogP contribution in [0.3, 0.4) is 0 Å². The zero-order valence-corrected chi connectivity index (χ0v) is 7.42. The van der Waals surface area contributed by atoms with Crippen molar-refractivity contribution in [1.29, 1.82) is 0 Å². The molecule has 0 aromatic carbocycles. The molecule has 11 heavy (non-hydrogen) atoms. The molecule has 1 rings (SSSR count). The lowest BCUT2D eigenvalue weighted by atomic mass is 10.0. The fourth-order valence-corrected chi connectivity index (χ4v) is 1.33. The zero-order valence-electron chi connectivity index (χ0n) is 7.42. The first kappa shape index (κ1) is 8.97. The van der Waals surface area contributed by atoms with Gasteiger partial charge in [0.15, 0.2) is 0 Å². The van der Waals surface area contributed by atoms with E-state index in [1.165, 1.54) is 0 Å². The van der Waals surface area contributed by atoms with Gasteiger partial charge in [-0.25, -0.2) is 0 Å². The third-order valence-corrected chi connectivity index (χ3v) is 2.33. The van der Waals surface area contributed by atoms with Crippen LogP contribution < -0.4 is 5.73 Å². The zero-order chi connectivity index (χ0) is 8.27. The third kappa shape index (κ3) is 2.43. The topological polar surface area (TPSA) is 38.5 Å². The molecular weight excluding hydrogens is 140 g/mol. The summed E-state index contributed by atoms with van der Waals surface area (Å²) in [5.41, 5.74) is 5.83. The van der Waals surface area contributed by atoms with Crippen molar-refractivity contribution >= 4 is 0 Å². The normalized spacial score (nSPS) is 31.6. The smallest absolute Gasteiger partial charge is 0.0621 e. The minimum absolute atomic E-state index is 0.254. The summed E-state index contributed by atoms with van der Waals surface area (Å²) in [4.78, 5) is 2.28. The summed E-state index contributed by atoms with van der Waals surface area (Å²) in [5.74, 6) is 0.542. The van der Waals surface area contributed by atoms with Crippen LogP contribution in [-0.4, -0.2) is 44.3 Å². The molecule has 0 saturated carbocycles. The van der Waals surface area contributed by atoms with Gasteiger partial charge in [0, 0.05) is 18.5 Å². The van der Waals surface area contributed by atoms with E-state index >= 15 is 0 Å². The Bertz CT molecular complexity index is 119. The molecule has 3 nitrogen and oxygen atoms in total. The number of ether oxygens (including phenoxy) is 1. The maximum absolute atomic E-state index is 5.83. The van der Waals surface area contributed by atoms with Gasteiger partial charge in [-0.3, -0.25) is 0 Å². The van der Waals surface area contributed by atoms with Gasteiger partial charge in [-0.05, 0) is 13.6 Å². The fourth-order valence-electron chi connectivity index (χ4n) is 1.33. The molecule has 1 heterocycles. The van der Waals surface area contributed by atoms with Crippen molar-refractivity contribution in [2.45, 2.75) is 13.0 Å². The highest BCUT2D eigenvalue weighted by Gasteiger charge is 2.25. The number of hydrogen-bond donors (Lipinski definition) is 1. The van der Waals surface area contributed by atoms with E-state index in [0.717, 1.165) is 26.3 Å². The van der Waals surface area contributed by atoms with Crippen molar-refractivity contribution in [3.63, 3.8) is 0 Å². The molecule has 2 atom stereocenters. The number of nitrogens with two attached hydrogens (primary N) is 1. The maximum atomic E-state index is 5.83. The highest BCUT2D eigenvalue weighted by atomic mass is 16.5. The highest BCUT2D eigenvalue weighted by Crippen LogP contribution is 2.12. The van der Waals surface area contributed by atoms with E-state index < -0.39 is 0 Å². The molecule has 0 aliphatic carbocycles. The fraction of sp³-hybridized carbons (Fsp3) is 1.00. The van der Waals surface area contributed by atoms with Crippen LogP contribution in [0.25, 0.3) is 0 Å². The lowest BCUT2D eigenvalue weighted by molar-refractivity contribution is 0.175. The molecule has 0 amide bonds. The van der Waals surface area contributed by atoms with Crippen molar-refractivity contribution in [1.82, 2.24) is 4.90 Å². The van der Waals surface area contributed by atoms with Gasteiger partial charge in [-0.15, -0.1) is 0 Å². The summed E-state index contributed by atoms with van der Waals surface area (Å²) >= 11 is 0. The second-order valence-corrected chi connectivity index (χ2v) is 3.32. The van der Waals surface area contributed by atoms with Gasteiger partial charge >= 0.3 is 0 Å². The van der Waals surface area contributed by atoms with Crippen molar-refractivity contribution in [3.05, 3.63) is 0 Å². The van der Waals surface area contributed by atoms with E-state index in [9.17, 15) is 0 Å². The van der Waals surface area contributed by atoms with Crippen LogP contribution in [0.5, 0.6) is 0 Å². The van der Waals surface area contributed by atoms with Gasteiger partial charge in [-0.2, -0.15) is 0 Å². The molecular formula is C8H18N2O. The summed E-state index contributed by atoms with van der Waals surface area (Å²) in [6, 6.07) is 0.254. The Balaban J connectivity index is 2.24. The molecule has 66 valence electrons. The quantitative estimate of drug-likeness (QED) is 0.624. The van der Waals surface area contributed by atoms with E-state index in [2.05, 4.69) is 18.9 Å². The Hall–Kier alpha value is -0.120. The van der Waals surface area contributed by atoms with E-state index in [0.29, 0.717) is 5.92 Å². The van der Waals surface area contributed by atoms with Crippen molar-refractivity contribution in [2.24, 2.45) is 11.7 Å². The third-order valence-electron chi connectivity index (χ3n) is 2.33. The van der Waals surface area contributed by atoms with Crippen LogP contribution in [-0.2, 0) is 4.74 Å². The van der Waals surface area contributed by atoms with E-state index in [1.54, 1.807) is 0 Å². The molecule has 1 aliphatic rings. The Labute approximate surface area is 68.5 Å². The first-order chi connectivity index (χ1) is 5.24. The number of hydrogen-bond acceptors (Lipinski definition) is 3. The summed E-state index contributed by atoms with van der Waals surface area (Å²) < 4.78 is 5.26. The van der Waals surface area contributed by atoms with Crippen molar-refractivity contribution in [3.8, 4) is 0 Å². The highest BCUT2D eigenvalue weighted by molar-refractivity contribution is 4.79.